The number of esters is 1. The van der Waals surface area contributed by atoms with Crippen molar-refractivity contribution in [2.75, 3.05) is 47.5 Å². The fourth-order valence-corrected chi connectivity index (χ4v) is 11.9. The minimum absolute atomic E-state index is 0.0261. The number of aliphatic hydroxyl groups excluding tert-OH is 4. The second-order valence-corrected chi connectivity index (χ2v) is 23.1. The van der Waals surface area contributed by atoms with E-state index in [9.17, 15) is 35.4 Å². The van der Waals surface area contributed by atoms with Gasteiger partial charge in [0.05, 0.1) is 66.5 Å². The van der Waals surface area contributed by atoms with Crippen molar-refractivity contribution in [3.05, 3.63) is 41.5 Å². The molecule has 3 fully saturated rings. The maximum absolute atomic E-state index is 14.5. The molecule has 0 bridgehead atoms. The van der Waals surface area contributed by atoms with Crippen LogP contribution in [0.4, 0.5) is 0 Å². The quantitative estimate of drug-likeness (QED) is 0.106. The van der Waals surface area contributed by atoms with Crippen molar-refractivity contribution in [2.45, 2.75) is 204 Å². The summed E-state index contributed by atoms with van der Waals surface area (Å²) in [5.41, 5.74) is -2.00. The molecule has 0 amide bonds. The first-order valence-corrected chi connectivity index (χ1v) is 27.4. The minimum atomic E-state index is -1.83. The van der Waals surface area contributed by atoms with Gasteiger partial charge in [-0.2, -0.15) is 0 Å². The summed E-state index contributed by atoms with van der Waals surface area (Å²) in [6, 6.07) is 6.40. The number of rotatable bonds is 17. The molecule has 3 aliphatic rings. The third-order valence-corrected chi connectivity index (χ3v) is 16.5. The lowest BCUT2D eigenvalue weighted by Gasteiger charge is -2.48. The molecule has 6 rings (SSSR count). The lowest BCUT2D eigenvalue weighted by molar-refractivity contribution is -0.301. The van der Waals surface area contributed by atoms with E-state index in [1.807, 2.05) is 81.2 Å². The maximum Gasteiger partial charge on any atom is 0.311 e. The van der Waals surface area contributed by atoms with Crippen LogP contribution in [0, 0.1) is 17.8 Å². The molecule has 6 N–H and O–H groups in total. The first kappa shape index (κ1) is 60.9. The lowest BCUT2D eigenvalue weighted by atomic mass is 9.77. The molecule has 0 saturated carbocycles. The van der Waals surface area contributed by atoms with Crippen LogP contribution in [-0.2, 0) is 46.2 Å². The molecule has 3 aromatic rings. The highest BCUT2D eigenvalue weighted by Crippen LogP contribution is 2.39. The molecule has 1 unspecified atom stereocenters. The molecule has 19 atom stereocenters. The average molecular weight is 1080 g/mol. The number of hydrogen-bond acceptors (Lipinski definition) is 21. The van der Waals surface area contributed by atoms with E-state index in [4.69, 9.17) is 33.2 Å². The van der Waals surface area contributed by atoms with E-state index in [0.29, 0.717) is 37.4 Å². The molecule has 0 aliphatic carbocycles. The van der Waals surface area contributed by atoms with Crippen molar-refractivity contribution in [3.63, 3.8) is 0 Å². The molecule has 75 heavy (non-hydrogen) atoms. The van der Waals surface area contributed by atoms with E-state index in [2.05, 4.69) is 19.9 Å². The zero-order valence-corrected chi connectivity index (χ0v) is 47.1. The van der Waals surface area contributed by atoms with Crippen LogP contribution in [0.25, 0.3) is 11.3 Å². The SMILES string of the molecule is CC[C@H]1OC(=O)[C@H](C)[C@@H](OC[C@H]2C[C@@](C)(OC)[C@@H](O)[C@H](C)O2)[C@H](C)[C@@H](O[C@@H]2O[C@H](C)C[C@H](N(C)CCc3cn(CC(O)COc4ccc(-c5csnn5)cc4)nn3)[C@H]2O)[C@](C)(O)C[C@@H](C)CN(C)[C@H](C)[C@@H](O)[C@]1(C)O. The molecule has 0 spiro atoms. The molecular weight excluding hydrogens is 991 g/mol. The Hall–Kier alpha value is -3.33. The summed E-state index contributed by atoms with van der Waals surface area (Å²) in [6.07, 6.45) is -6.80. The Morgan fingerprint density at radius 2 is 1.69 bits per heavy atom. The number of aliphatic hydroxyl groups is 6. The number of carbonyl (C=O) groups excluding carboxylic acids is 1. The molecule has 5 heterocycles. The summed E-state index contributed by atoms with van der Waals surface area (Å²) in [5.74, 6) is -2.08. The summed E-state index contributed by atoms with van der Waals surface area (Å²) in [4.78, 5) is 18.4. The van der Waals surface area contributed by atoms with Gasteiger partial charge in [0, 0.05) is 68.2 Å². The van der Waals surface area contributed by atoms with Gasteiger partial charge < -0.3 is 73.6 Å². The second kappa shape index (κ2) is 26.1. The van der Waals surface area contributed by atoms with E-state index in [1.165, 1.54) is 25.6 Å². The fraction of sp³-hybridized carbons (Fsp3) is 0.792. The summed E-state index contributed by atoms with van der Waals surface area (Å²) < 4.78 is 49.5. The number of hydrogen-bond donors (Lipinski definition) is 6. The van der Waals surface area contributed by atoms with Crippen molar-refractivity contribution in [2.24, 2.45) is 17.8 Å². The molecule has 424 valence electrons. The number of nitrogens with zero attached hydrogens (tertiary/aromatic N) is 7. The van der Waals surface area contributed by atoms with Gasteiger partial charge >= 0.3 is 5.97 Å². The fourth-order valence-electron chi connectivity index (χ4n) is 11.4. The van der Waals surface area contributed by atoms with Crippen LogP contribution >= 0.6 is 11.5 Å². The predicted octanol–water partition coefficient (Wildman–Crippen LogP) is 3.11. The minimum Gasteiger partial charge on any atom is -0.491 e. The molecule has 22 heteroatoms. The lowest BCUT2D eigenvalue weighted by Crippen LogP contribution is -2.60. The van der Waals surface area contributed by atoms with Crippen molar-refractivity contribution < 1.29 is 68.6 Å². The van der Waals surface area contributed by atoms with E-state index >= 15 is 0 Å². The van der Waals surface area contributed by atoms with Gasteiger partial charge in [0.1, 0.15) is 54.2 Å². The number of aromatic nitrogens is 5. The van der Waals surface area contributed by atoms with Crippen molar-refractivity contribution in [1.82, 2.24) is 34.4 Å². The number of methoxy groups -OCH3 is 1. The summed E-state index contributed by atoms with van der Waals surface area (Å²) in [5, 5.41) is 84.9. The van der Waals surface area contributed by atoms with Crippen LogP contribution in [0.2, 0.25) is 0 Å². The van der Waals surface area contributed by atoms with Gasteiger partial charge in [0.25, 0.3) is 0 Å². The molecule has 3 saturated heterocycles. The summed E-state index contributed by atoms with van der Waals surface area (Å²) >= 11 is 1.28. The van der Waals surface area contributed by atoms with Gasteiger partial charge in [-0.05, 0) is 124 Å². The highest BCUT2D eigenvalue weighted by molar-refractivity contribution is 7.03. The van der Waals surface area contributed by atoms with Crippen molar-refractivity contribution in [1.29, 1.82) is 0 Å². The first-order valence-electron chi connectivity index (χ1n) is 26.6. The van der Waals surface area contributed by atoms with E-state index in [-0.39, 0.29) is 51.0 Å². The van der Waals surface area contributed by atoms with Crippen LogP contribution in [0.3, 0.4) is 0 Å². The van der Waals surface area contributed by atoms with Crippen LogP contribution < -0.4 is 4.74 Å². The Bertz CT molecular complexity index is 2210. The summed E-state index contributed by atoms with van der Waals surface area (Å²) in [7, 11) is 5.28. The van der Waals surface area contributed by atoms with Crippen molar-refractivity contribution in [3.8, 4) is 17.0 Å². The zero-order chi connectivity index (χ0) is 55.2. The Morgan fingerprint density at radius 3 is 2.35 bits per heavy atom. The highest BCUT2D eigenvalue weighted by atomic mass is 32.1. The number of benzene rings is 1. The largest absolute Gasteiger partial charge is 0.491 e. The maximum atomic E-state index is 14.5. The van der Waals surface area contributed by atoms with Crippen LogP contribution in [0.15, 0.2) is 35.8 Å². The molecule has 21 nitrogen and oxygen atoms in total. The van der Waals surface area contributed by atoms with E-state index in [0.717, 1.165) is 11.3 Å². The summed E-state index contributed by atoms with van der Waals surface area (Å²) in [6.45, 7) is 18.8. The van der Waals surface area contributed by atoms with E-state index < -0.39 is 108 Å². The topological polar surface area (TPSA) is 266 Å². The third kappa shape index (κ3) is 15.1. The van der Waals surface area contributed by atoms with Crippen LogP contribution in [-0.4, -0.2) is 215 Å². The van der Waals surface area contributed by atoms with Gasteiger partial charge in [-0.1, -0.05) is 30.5 Å². The Balaban J connectivity index is 1.19. The van der Waals surface area contributed by atoms with Crippen LogP contribution in [0.1, 0.15) is 101 Å². The predicted molar refractivity (Wildman–Crippen MR) is 279 cm³/mol. The third-order valence-electron chi connectivity index (χ3n) is 16.0. The normalized spacial score (nSPS) is 38.4. The molecule has 3 aliphatic heterocycles. The van der Waals surface area contributed by atoms with Crippen molar-refractivity contribution >= 4 is 17.5 Å². The Morgan fingerprint density at radius 1 is 0.987 bits per heavy atom. The number of cyclic esters (lactones) is 1. The second-order valence-electron chi connectivity index (χ2n) is 22.5. The number of carbonyl (C=O) groups is 1. The monoisotopic (exact) mass is 1080 g/mol. The number of ether oxygens (including phenoxy) is 7. The van der Waals surface area contributed by atoms with Gasteiger partial charge in [0.2, 0.25) is 0 Å². The van der Waals surface area contributed by atoms with Gasteiger partial charge in [-0.25, -0.2) is 4.68 Å². The average Bonchev–Trinajstić information content (AvgIpc) is 4.08. The van der Waals surface area contributed by atoms with Crippen LogP contribution in [0.5, 0.6) is 5.75 Å². The smallest absolute Gasteiger partial charge is 0.311 e. The molecule has 0 radical (unpaired) electrons. The van der Waals surface area contributed by atoms with Gasteiger partial charge in [0.15, 0.2) is 6.29 Å². The van der Waals surface area contributed by atoms with Gasteiger partial charge in [-0.15, -0.1) is 10.2 Å². The zero-order valence-electron chi connectivity index (χ0n) is 46.3. The Kier molecular flexibility index (Phi) is 21.2. The highest BCUT2D eigenvalue weighted by Gasteiger charge is 2.52. The molecule has 1 aromatic carbocycles. The van der Waals surface area contributed by atoms with E-state index in [1.54, 1.807) is 45.5 Å². The standard InChI is InChI=1S/C53H87N7O14S/c1-14-43-53(10,67)46(63)34(6)59(12)24-30(2)22-51(8,66)48(32(4)45(33(5)49(65)73-43)70-28-40-23-52(9,68-13)47(64)35(7)72-40)74-50-44(62)42(21-31(3)71-50)58(11)20-19-37-25-60(56-54-37)26-38(61)27-69-39-17-15-36(16-18-39)41-29-75-57-55-41/h15-18,25,29-35,38,40,42-48,50,61-64,66-67H,14,19-24,26-28H2,1-13H3/t30-,31-,32+,33-,34-,35+,38?,40-,42+,43-,44-,45+,46-,47+,48-,50+,51-,52-,53-/m1/s1. The number of likely N-dealkylation sites (N-methyl/N-ethyl adjacent to an activating group) is 2. The molecular formula is C53H87N7O14S. The Labute approximate surface area is 446 Å². The molecule has 2 aromatic heterocycles. The van der Waals surface area contributed by atoms with Gasteiger partial charge in [-0.3, -0.25) is 4.79 Å². The first-order chi connectivity index (χ1) is 35.3.